The van der Waals surface area contributed by atoms with Gasteiger partial charge in [0, 0.05) is 13.1 Å². The van der Waals surface area contributed by atoms with Gasteiger partial charge >= 0.3 is 6.18 Å². The fourth-order valence-electron chi connectivity index (χ4n) is 2.72. The van der Waals surface area contributed by atoms with E-state index in [4.69, 9.17) is 0 Å². The van der Waals surface area contributed by atoms with Gasteiger partial charge in [0.15, 0.2) is 5.82 Å². The molecule has 0 radical (unpaired) electrons. The molecule has 0 atom stereocenters. The molecule has 2 aromatic carbocycles. The van der Waals surface area contributed by atoms with Gasteiger partial charge in [0.1, 0.15) is 6.07 Å². The lowest BCUT2D eigenvalue weighted by molar-refractivity contribution is -0.137. The summed E-state index contributed by atoms with van der Waals surface area (Å²) >= 11 is 0. The highest BCUT2D eigenvalue weighted by atomic mass is 19.4. The van der Waals surface area contributed by atoms with Gasteiger partial charge in [0.2, 0.25) is 5.69 Å². The number of alkyl halides is 3. The van der Waals surface area contributed by atoms with E-state index in [2.05, 4.69) is 10.2 Å². The maximum absolute atomic E-state index is 13.3. The van der Waals surface area contributed by atoms with Gasteiger partial charge in [0.25, 0.3) is 0 Å². The predicted molar refractivity (Wildman–Crippen MR) is 94.2 cm³/mol. The van der Waals surface area contributed by atoms with Crippen molar-refractivity contribution in [1.82, 2.24) is 15.0 Å². The van der Waals surface area contributed by atoms with Crippen LogP contribution in [0.1, 0.15) is 23.7 Å². The maximum atomic E-state index is 13.3. The van der Waals surface area contributed by atoms with Crippen molar-refractivity contribution < 1.29 is 13.2 Å². The number of nitrogens with zero attached hydrogens (tertiary/aromatic N) is 5. The summed E-state index contributed by atoms with van der Waals surface area (Å²) in [6.45, 7) is 2.86. The third kappa shape index (κ3) is 3.92. The van der Waals surface area contributed by atoms with E-state index in [9.17, 15) is 18.4 Å². The molecule has 0 aliphatic heterocycles. The van der Waals surface area contributed by atoms with Crippen molar-refractivity contribution in [3.05, 3.63) is 71.4 Å². The van der Waals surface area contributed by atoms with Gasteiger partial charge in [-0.05, 0) is 24.6 Å². The second-order valence-electron chi connectivity index (χ2n) is 5.79. The van der Waals surface area contributed by atoms with Crippen LogP contribution in [-0.4, -0.2) is 21.5 Å². The molecule has 3 rings (SSSR count). The Hall–Kier alpha value is -3.34. The lowest BCUT2D eigenvalue weighted by Crippen LogP contribution is -2.23. The molecule has 0 fully saturated rings. The molecule has 0 saturated heterocycles. The third-order valence-electron chi connectivity index (χ3n) is 4.02. The van der Waals surface area contributed by atoms with E-state index >= 15 is 0 Å². The number of para-hydroxylation sites is 1. The highest BCUT2D eigenvalue weighted by Crippen LogP contribution is 2.33. The zero-order valence-corrected chi connectivity index (χ0v) is 14.5. The number of halogens is 3. The molecule has 0 aliphatic carbocycles. The molecule has 0 spiro atoms. The molecule has 27 heavy (non-hydrogen) atoms. The Labute approximate surface area is 154 Å². The number of hydrogen-bond acceptors (Lipinski definition) is 4. The van der Waals surface area contributed by atoms with E-state index in [0.29, 0.717) is 13.1 Å². The van der Waals surface area contributed by atoms with Crippen molar-refractivity contribution in [2.45, 2.75) is 19.6 Å². The molecular weight excluding hydrogens is 355 g/mol. The van der Waals surface area contributed by atoms with Crippen LogP contribution in [0.4, 0.5) is 19.0 Å². The average Bonchev–Trinajstić information content (AvgIpc) is 3.10. The van der Waals surface area contributed by atoms with Crippen molar-refractivity contribution >= 4 is 5.82 Å². The SMILES string of the molecule is CCN(Cc1ccccc1)c1nn(-c2ccccc2C(F)(F)F)nc1C#N. The summed E-state index contributed by atoms with van der Waals surface area (Å²) in [4.78, 5) is 2.68. The first-order valence-corrected chi connectivity index (χ1v) is 8.27. The number of hydrogen-bond donors (Lipinski definition) is 0. The molecule has 0 saturated carbocycles. The standard InChI is InChI=1S/C19H16F3N5/c1-2-26(13-14-8-4-3-5-9-14)18-16(12-23)24-27(25-18)17-11-7-6-10-15(17)19(20,21)22/h3-11H,2,13H2,1H3. The van der Waals surface area contributed by atoms with E-state index in [0.717, 1.165) is 16.4 Å². The Morgan fingerprint density at radius 2 is 1.70 bits per heavy atom. The molecule has 0 unspecified atom stereocenters. The van der Waals surface area contributed by atoms with Crippen molar-refractivity contribution in [3.8, 4) is 11.8 Å². The van der Waals surface area contributed by atoms with Crippen LogP contribution in [0.25, 0.3) is 5.69 Å². The highest BCUT2D eigenvalue weighted by Gasteiger charge is 2.34. The summed E-state index contributed by atoms with van der Waals surface area (Å²) in [5.41, 5.74) is -0.107. The van der Waals surface area contributed by atoms with Gasteiger partial charge in [-0.1, -0.05) is 42.5 Å². The van der Waals surface area contributed by atoms with Crippen molar-refractivity contribution in [2.24, 2.45) is 0 Å². The smallest absolute Gasteiger partial charge is 0.349 e. The van der Waals surface area contributed by atoms with E-state index < -0.39 is 11.7 Å². The summed E-state index contributed by atoms with van der Waals surface area (Å²) in [6, 6.07) is 16.5. The topological polar surface area (TPSA) is 57.7 Å². The second kappa shape index (κ2) is 7.50. The van der Waals surface area contributed by atoms with Crippen LogP contribution in [-0.2, 0) is 12.7 Å². The molecule has 5 nitrogen and oxygen atoms in total. The van der Waals surface area contributed by atoms with E-state index in [1.54, 1.807) is 4.90 Å². The van der Waals surface area contributed by atoms with Crippen LogP contribution in [0, 0.1) is 11.3 Å². The van der Waals surface area contributed by atoms with Crippen LogP contribution in [0.3, 0.4) is 0 Å². The van der Waals surface area contributed by atoms with Crippen LogP contribution in [0.15, 0.2) is 54.6 Å². The van der Waals surface area contributed by atoms with Gasteiger partial charge < -0.3 is 4.90 Å². The number of rotatable bonds is 5. The molecule has 0 aliphatic rings. The van der Waals surface area contributed by atoms with E-state index in [-0.39, 0.29) is 17.2 Å². The molecule has 8 heteroatoms. The Balaban J connectivity index is 2.03. The van der Waals surface area contributed by atoms with E-state index in [1.807, 2.05) is 43.3 Å². The van der Waals surface area contributed by atoms with Crippen molar-refractivity contribution in [2.75, 3.05) is 11.4 Å². The predicted octanol–water partition coefficient (Wildman–Crippen LogP) is 4.18. The second-order valence-corrected chi connectivity index (χ2v) is 5.79. The summed E-state index contributed by atoms with van der Waals surface area (Å²) in [7, 11) is 0. The lowest BCUT2D eigenvalue weighted by atomic mass is 10.2. The molecular formula is C19H16F3N5. The van der Waals surface area contributed by atoms with E-state index in [1.165, 1.54) is 18.2 Å². The molecule has 0 amide bonds. The average molecular weight is 371 g/mol. The summed E-state index contributed by atoms with van der Waals surface area (Å²) in [5, 5.41) is 17.6. The lowest BCUT2D eigenvalue weighted by Gasteiger charge is -2.20. The molecule has 1 heterocycles. The fourth-order valence-corrected chi connectivity index (χ4v) is 2.72. The minimum atomic E-state index is -4.55. The zero-order valence-electron chi connectivity index (χ0n) is 14.5. The van der Waals surface area contributed by atoms with Crippen LogP contribution in [0.2, 0.25) is 0 Å². The zero-order chi connectivity index (χ0) is 19.4. The fraction of sp³-hybridized carbons (Fsp3) is 0.211. The van der Waals surface area contributed by atoms with Crippen molar-refractivity contribution in [3.63, 3.8) is 0 Å². The van der Waals surface area contributed by atoms with Gasteiger partial charge in [-0.3, -0.25) is 0 Å². The number of anilines is 1. The van der Waals surface area contributed by atoms with Crippen molar-refractivity contribution in [1.29, 1.82) is 5.26 Å². The first-order chi connectivity index (χ1) is 12.9. The summed E-state index contributed by atoms with van der Waals surface area (Å²) in [5.74, 6) is 0.251. The van der Waals surface area contributed by atoms with Crippen LogP contribution >= 0.6 is 0 Å². The molecule has 138 valence electrons. The molecule has 0 N–H and O–H groups in total. The highest BCUT2D eigenvalue weighted by molar-refractivity contribution is 5.51. The first-order valence-electron chi connectivity index (χ1n) is 8.27. The minimum Gasteiger partial charge on any atom is -0.349 e. The monoisotopic (exact) mass is 371 g/mol. The first kappa shape index (κ1) is 18.5. The molecule has 1 aromatic heterocycles. The Kier molecular flexibility index (Phi) is 5.12. The van der Waals surface area contributed by atoms with Crippen LogP contribution in [0.5, 0.6) is 0 Å². The largest absolute Gasteiger partial charge is 0.418 e. The Morgan fingerprint density at radius 1 is 1.04 bits per heavy atom. The maximum Gasteiger partial charge on any atom is 0.418 e. The normalized spacial score (nSPS) is 11.2. The van der Waals surface area contributed by atoms with Crippen LogP contribution < -0.4 is 4.90 Å². The Bertz CT molecular complexity index is 957. The minimum absolute atomic E-state index is 0.0234. The third-order valence-corrected chi connectivity index (χ3v) is 4.02. The summed E-state index contributed by atoms with van der Waals surface area (Å²) in [6.07, 6.45) is -4.55. The van der Waals surface area contributed by atoms with Gasteiger partial charge in [0.05, 0.1) is 11.3 Å². The summed E-state index contributed by atoms with van der Waals surface area (Å²) < 4.78 is 39.9. The number of benzene rings is 2. The van der Waals surface area contributed by atoms with Gasteiger partial charge in [-0.25, -0.2) is 0 Å². The number of aromatic nitrogens is 3. The van der Waals surface area contributed by atoms with Gasteiger partial charge in [-0.15, -0.1) is 15.0 Å². The molecule has 3 aromatic rings. The number of nitriles is 1. The molecule has 0 bridgehead atoms. The quantitative estimate of drug-likeness (QED) is 0.675. The van der Waals surface area contributed by atoms with Gasteiger partial charge in [-0.2, -0.15) is 18.4 Å². The Morgan fingerprint density at radius 3 is 2.33 bits per heavy atom.